The van der Waals surface area contributed by atoms with Crippen LogP contribution in [-0.2, 0) is 14.6 Å². The number of benzene rings is 2. The Morgan fingerprint density at radius 1 is 1.18 bits per heavy atom. The van der Waals surface area contributed by atoms with Crippen molar-refractivity contribution in [2.75, 3.05) is 26.4 Å². The molecule has 1 saturated heterocycles. The minimum Gasteiger partial charge on any atom is -0.465 e. The van der Waals surface area contributed by atoms with Crippen LogP contribution in [0.2, 0.25) is 0 Å². The quantitative estimate of drug-likeness (QED) is 0.350. The molecule has 11 nitrogen and oxygen atoms in total. The van der Waals surface area contributed by atoms with Crippen LogP contribution in [-0.4, -0.2) is 76.7 Å². The van der Waals surface area contributed by atoms with Gasteiger partial charge in [0.15, 0.2) is 15.7 Å². The largest absolute Gasteiger partial charge is 0.465 e. The standard InChI is InChI=1S/C27H27N5O6S/c1-31(27(34)35)16-25(33)32-13-5-7-23(32)19-14-21-22(30-26(29-21)20-6-3-4-12-28-20)15-24(19)38-17-8-10-18(11-9-17)39(2,36)37/h3-4,6,8-12,14-15,23H,5,7,13,16H2,1-2H3,(H,29,30)(H,34,35). The summed E-state index contributed by atoms with van der Waals surface area (Å²) in [6, 6.07) is 15.0. The van der Waals surface area contributed by atoms with Crippen LogP contribution in [0.4, 0.5) is 4.79 Å². The Bertz CT molecular complexity index is 1640. The zero-order valence-corrected chi connectivity index (χ0v) is 22.2. The van der Waals surface area contributed by atoms with Crippen LogP contribution in [0.5, 0.6) is 11.5 Å². The maximum Gasteiger partial charge on any atom is 0.407 e. The van der Waals surface area contributed by atoms with E-state index in [2.05, 4.69) is 15.0 Å². The lowest BCUT2D eigenvalue weighted by Gasteiger charge is -2.28. The topological polar surface area (TPSA) is 146 Å². The summed E-state index contributed by atoms with van der Waals surface area (Å²) < 4.78 is 30.0. The number of carbonyl (C=O) groups is 2. The molecule has 202 valence electrons. The lowest BCUT2D eigenvalue weighted by atomic mass is 10.0. The van der Waals surface area contributed by atoms with E-state index in [0.717, 1.165) is 28.7 Å². The van der Waals surface area contributed by atoms with E-state index in [9.17, 15) is 23.1 Å². The third kappa shape index (κ3) is 5.55. The number of likely N-dealkylation sites (N-methyl/N-ethyl adjacent to an activating group) is 1. The fraction of sp³-hybridized carbons (Fsp3) is 0.259. The molecule has 1 aliphatic rings. The van der Waals surface area contributed by atoms with Gasteiger partial charge in [0.25, 0.3) is 0 Å². The zero-order valence-electron chi connectivity index (χ0n) is 21.4. The number of nitrogens with zero attached hydrogens (tertiary/aromatic N) is 4. The number of pyridine rings is 1. The van der Waals surface area contributed by atoms with Crippen molar-refractivity contribution in [3.63, 3.8) is 0 Å². The van der Waals surface area contributed by atoms with Crippen LogP contribution < -0.4 is 4.74 Å². The number of imidazole rings is 1. The number of carboxylic acid groups (broad SMARTS) is 1. The molecule has 1 aliphatic heterocycles. The SMILES string of the molecule is CN(CC(=O)N1CCCC1c1cc2[nH]c(-c3ccccn3)nc2cc1Oc1ccc(S(C)(=O)=O)cc1)C(=O)O. The van der Waals surface area contributed by atoms with E-state index in [1.54, 1.807) is 29.3 Å². The molecule has 0 aliphatic carbocycles. The second-order valence-electron chi connectivity index (χ2n) is 9.44. The minimum atomic E-state index is -3.36. The number of rotatable bonds is 7. The number of aromatic amines is 1. The molecule has 2 aromatic carbocycles. The first-order chi connectivity index (χ1) is 18.6. The first-order valence-corrected chi connectivity index (χ1v) is 14.2. The summed E-state index contributed by atoms with van der Waals surface area (Å²) in [5.41, 5.74) is 2.76. The Labute approximate surface area is 225 Å². The monoisotopic (exact) mass is 549 g/mol. The smallest absolute Gasteiger partial charge is 0.407 e. The molecule has 1 unspecified atom stereocenters. The van der Waals surface area contributed by atoms with Gasteiger partial charge in [0.2, 0.25) is 5.91 Å². The molecule has 0 bridgehead atoms. The number of fused-ring (bicyclic) bond motifs is 1. The Hall–Kier alpha value is -4.45. The van der Waals surface area contributed by atoms with E-state index in [1.807, 2.05) is 24.3 Å². The van der Waals surface area contributed by atoms with Crippen LogP contribution in [0.3, 0.4) is 0 Å². The predicted molar refractivity (Wildman–Crippen MR) is 143 cm³/mol. The van der Waals surface area contributed by atoms with Crippen molar-refractivity contribution < 1.29 is 27.9 Å². The summed E-state index contributed by atoms with van der Waals surface area (Å²) in [5.74, 6) is 1.16. The molecule has 4 aromatic rings. The Morgan fingerprint density at radius 3 is 2.62 bits per heavy atom. The van der Waals surface area contributed by atoms with Gasteiger partial charge < -0.3 is 24.6 Å². The van der Waals surface area contributed by atoms with Gasteiger partial charge in [-0.05, 0) is 55.3 Å². The highest BCUT2D eigenvalue weighted by Gasteiger charge is 2.33. The van der Waals surface area contributed by atoms with E-state index in [0.29, 0.717) is 41.5 Å². The molecular formula is C27H27N5O6S. The molecule has 5 rings (SSSR count). The Kier molecular flexibility index (Phi) is 6.96. The van der Waals surface area contributed by atoms with Crippen molar-refractivity contribution in [1.82, 2.24) is 24.8 Å². The van der Waals surface area contributed by atoms with Gasteiger partial charge in [-0.1, -0.05) is 6.07 Å². The van der Waals surface area contributed by atoms with Crippen LogP contribution in [0.15, 0.2) is 65.7 Å². The number of H-pyrrole nitrogens is 1. The summed E-state index contributed by atoms with van der Waals surface area (Å²) in [7, 11) is -2.01. The van der Waals surface area contributed by atoms with Crippen molar-refractivity contribution in [3.8, 4) is 23.0 Å². The number of amides is 2. The summed E-state index contributed by atoms with van der Waals surface area (Å²) >= 11 is 0. The van der Waals surface area contributed by atoms with E-state index in [1.165, 1.54) is 19.2 Å². The molecule has 1 fully saturated rings. The summed E-state index contributed by atoms with van der Waals surface area (Å²) in [6.45, 7) is 0.227. The highest BCUT2D eigenvalue weighted by molar-refractivity contribution is 7.90. The average molecular weight is 550 g/mol. The van der Waals surface area contributed by atoms with Gasteiger partial charge in [0, 0.05) is 37.7 Å². The predicted octanol–water partition coefficient (Wildman–Crippen LogP) is 4.09. The van der Waals surface area contributed by atoms with Crippen LogP contribution >= 0.6 is 0 Å². The third-order valence-corrected chi connectivity index (χ3v) is 7.76. The lowest BCUT2D eigenvalue weighted by molar-refractivity contribution is -0.132. The first kappa shape index (κ1) is 26.2. The first-order valence-electron chi connectivity index (χ1n) is 12.3. The summed E-state index contributed by atoms with van der Waals surface area (Å²) in [6.07, 6.45) is 3.05. The van der Waals surface area contributed by atoms with E-state index in [4.69, 9.17) is 4.74 Å². The van der Waals surface area contributed by atoms with Crippen LogP contribution in [0.1, 0.15) is 24.4 Å². The lowest BCUT2D eigenvalue weighted by Crippen LogP contribution is -2.40. The van der Waals surface area contributed by atoms with Gasteiger partial charge in [-0.25, -0.2) is 18.2 Å². The van der Waals surface area contributed by atoms with Gasteiger partial charge in [-0.3, -0.25) is 9.78 Å². The van der Waals surface area contributed by atoms with Crippen LogP contribution in [0, 0.1) is 0 Å². The number of hydrogen-bond donors (Lipinski definition) is 2. The fourth-order valence-corrected chi connectivity index (χ4v) is 5.29. The maximum atomic E-state index is 13.1. The molecule has 39 heavy (non-hydrogen) atoms. The number of aromatic nitrogens is 3. The summed E-state index contributed by atoms with van der Waals surface area (Å²) in [4.78, 5) is 39.5. The number of carbonyl (C=O) groups excluding carboxylic acids is 1. The van der Waals surface area contributed by atoms with Gasteiger partial charge in [0.05, 0.1) is 22.0 Å². The number of hydrogen-bond acceptors (Lipinski definition) is 7. The molecule has 0 radical (unpaired) electrons. The van der Waals surface area contributed by atoms with Crippen molar-refractivity contribution >= 4 is 32.9 Å². The number of nitrogens with one attached hydrogen (secondary N) is 1. The molecule has 2 amide bonds. The highest BCUT2D eigenvalue weighted by atomic mass is 32.2. The van der Waals surface area contributed by atoms with Crippen molar-refractivity contribution in [2.24, 2.45) is 0 Å². The second kappa shape index (κ2) is 10.4. The number of likely N-dealkylation sites (tertiary alicyclic amines) is 1. The van der Waals surface area contributed by atoms with Gasteiger partial charge in [-0.15, -0.1) is 0 Å². The van der Waals surface area contributed by atoms with E-state index in [-0.39, 0.29) is 23.4 Å². The van der Waals surface area contributed by atoms with Crippen molar-refractivity contribution in [3.05, 3.63) is 66.4 Å². The normalized spacial score (nSPS) is 15.4. The van der Waals surface area contributed by atoms with Gasteiger partial charge in [0.1, 0.15) is 23.7 Å². The molecule has 2 N–H and O–H groups in total. The Morgan fingerprint density at radius 2 is 1.95 bits per heavy atom. The van der Waals surface area contributed by atoms with Crippen molar-refractivity contribution in [1.29, 1.82) is 0 Å². The number of ether oxygens (including phenoxy) is 1. The molecule has 0 saturated carbocycles. The van der Waals surface area contributed by atoms with E-state index >= 15 is 0 Å². The molecule has 12 heteroatoms. The molecule has 1 atom stereocenters. The van der Waals surface area contributed by atoms with Crippen LogP contribution in [0.25, 0.3) is 22.6 Å². The average Bonchev–Trinajstić information content (AvgIpc) is 3.55. The third-order valence-electron chi connectivity index (χ3n) is 6.63. The molecule has 3 heterocycles. The molecule has 2 aromatic heterocycles. The van der Waals surface area contributed by atoms with Gasteiger partial charge in [-0.2, -0.15) is 0 Å². The zero-order chi connectivity index (χ0) is 27.7. The highest BCUT2D eigenvalue weighted by Crippen LogP contribution is 2.41. The number of sulfone groups is 1. The summed E-state index contributed by atoms with van der Waals surface area (Å²) in [5, 5.41) is 9.23. The molecular weight excluding hydrogens is 522 g/mol. The molecule has 0 spiro atoms. The fourth-order valence-electron chi connectivity index (χ4n) is 4.66. The second-order valence-corrected chi connectivity index (χ2v) is 11.5. The van der Waals surface area contributed by atoms with Gasteiger partial charge >= 0.3 is 6.09 Å². The Balaban J connectivity index is 1.55. The maximum absolute atomic E-state index is 13.1. The van der Waals surface area contributed by atoms with E-state index < -0.39 is 15.9 Å². The minimum absolute atomic E-state index is 0.174. The van der Waals surface area contributed by atoms with Crippen molar-refractivity contribution in [2.45, 2.75) is 23.8 Å².